The van der Waals surface area contributed by atoms with Crippen LogP contribution in [0.15, 0.2) is 29.3 Å². The second-order valence-corrected chi connectivity index (χ2v) is 7.98. The minimum absolute atomic E-state index is 0.0637. The van der Waals surface area contributed by atoms with E-state index in [0.717, 1.165) is 6.07 Å². The molecule has 0 aromatic heterocycles. The van der Waals surface area contributed by atoms with E-state index in [-0.39, 0.29) is 8.95 Å². The van der Waals surface area contributed by atoms with Crippen molar-refractivity contribution in [2.24, 2.45) is 0 Å². The zero-order chi connectivity index (χ0) is 13.6. The van der Waals surface area contributed by atoms with Gasteiger partial charge in [-0.15, -0.1) is 0 Å². The molecule has 0 bridgehead atoms. The van der Waals surface area contributed by atoms with Gasteiger partial charge < -0.3 is 0 Å². The van der Waals surface area contributed by atoms with E-state index in [1.165, 1.54) is 0 Å². The van der Waals surface area contributed by atoms with Gasteiger partial charge in [0, 0.05) is 8.95 Å². The Hall–Kier alpha value is 0.480. The molecule has 6 nitrogen and oxygen atoms in total. The summed E-state index contributed by atoms with van der Waals surface area (Å²) >= 11 is 8.43. The molecule has 0 aliphatic heterocycles. The van der Waals surface area contributed by atoms with E-state index >= 15 is 0 Å². The lowest BCUT2D eigenvalue weighted by Crippen LogP contribution is -2.07. The van der Waals surface area contributed by atoms with Crippen LogP contribution in [0.1, 0.15) is 0 Å². The summed E-state index contributed by atoms with van der Waals surface area (Å²) in [6.45, 7) is 0. The van der Waals surface area contributed by atoms with Gasteiger partial charge in [-0.05, 0) is 53.9 Å². The molecule has 1 aromatic carbocycles. The van der Waals surface area contributed by atoms with Crippen molar-refractivity contribution in [2.45, 2.75) is 9.79 Å². The summed E-state index contributed by atoms with van der Waals surface area (Å²) in [6, 6.07) is 1.08. The third-order valence-electron chi connectivity index (χ3n) is 1.60. The second-order valence-electron chi connectivity index (χ2n) is 2.76. The fraction of sp³-hybridized carbons (Fsp3) is 0. The normalized spacial score (nSPS) is 12.8. The predicted octanol–water partition coefficient (Wildman–Crippen LogP) is 2.47. The summed E-state index contributed by atoms with van der Waals surface area (Å²) in [7, 11) is -9.31. The van der Waals surface area contributed by atoms with Crippen molar-refractivity contribution in [2.75, 3.05) is 0 Å². The highest BCUT2D eigenvalue weighted by Crippen LogP contribution is 2.39. The van der Waals surface area contributed by atoms with Crippen molar-refractivity contribution in [3.63, 3.8) is 0 Å². The Morgan fingerprint density at radius 1 is 0.824 bits per heavy atom. The zero-order valence-electron chi connectivity index (χ0n) is 7.56. The molecule has 0 saturated carbocycles. The Balaban J connectivity index is 3.93. The molecule has 1 rings (SSSR count). The van der Waals surface area contributed by atoms with Crippen molar-refractivity contribution in [1.29, 1.82) is 0 Å². The van der Waals surface area contributed by atoms with E-state index in [4.69, 9.17) is 9.11 Å². The fourth-order valence-electron chi connectivity index (χ4n) is 1.03. The third-order valence-corrected chi connectivity index (χ3v) is 6.58. The second kappa shape index (κ2) is 4.87. The molecule has 1 aromatic rings. The number of benzene rings is 1. The topological polar surface area (TPSA) is 109 Å². The molecular formula is C6H3Br3O6S2. The average molecular weight is 475 g/mol. The first-order valence-corrected chi connectivity index (χ1v) is 8.84. The highest BCUT2D eigenvalue weighted by Gasteiger charge is 2.28. The maximum absolute atomic E-state index is 11.1. The molecule has 17 heavy (non-hydrogen) atoms. The summed E-state index contributed by atoms with van der Waals surface area (Å²) in [5.74, 6) is 0. The molecule has 0 spiro atoms. The van der Waals surface area contributed by atoms with Crippen LogP contribution in [0.4, 0.5) is 0 Å². The van der Waals surface area contributed by atoms with E-state index in [9.17, 15) is 16.8 Å². The Morgan fingerprint density at radius 2 is 1.12 bits per heavy atom. The van der Waals surface area contributed by atoms with Crippen molar-refractivity contribution in [3.8, 4) is 0 Å². The average Bonchev–Trinajstić information content (AvgIpc) is 1.94. The molecule has 0 heterocycles. The highest BCUT2D eigenvalue weighted by atomic mass is 79.9. The van der Waals surface area contributed by atoms with Crippen molar-refractivity contribution < 1.29 is 25.9 Å². The number of rotatable bonds is 2. The Bertz CT molecular complexity index is 622. The van der Waals surface area contributed by atoms with Crippen LogP contribution in [0.2, 0.25) is 0 Å². The van der Waals surface area contributed by atoms with Crippen molar-refractivity contribution >= 4 is 68.0 Å². The van der Waals surface area contributed by atoms with Crippen molar-refractivity contribution in [3.05, 3.63) is 19.5 Å². The van der Waals surface area contributed by atoms with Gasteiger partial charge in [-0.1, -0.05) is 0 Å². The Labute approximate surface area is 122 Å². The highest BCUT2D eigenvalue weighted by molar-refractivity contribution is 9.11. The van der Waals surface area contributed by atoms with E-state index in [0.29, 0.717) is 0 Å². The zero-order valence-corrected chi connectivity index (χ0v) is 13.9. The third kappa shape index (κ3) is 3.28. The molecule has 0 saturated heterocycles. The minimum atomic E-state index is -4.65. The van der Waals surface area contributed by atoms with E-state index in [2.05, 4.69) is 47.8 Å². The summed E-state index contributed by atoms with van der Waals surface area (Å²) in [4.78, 5) is -1.37. The van der Waals surface area contributed by atoms with Gasteiger partial charge in [0.1, 0.15) is 9.79 Å². The van der Waals surface area contributed by atoms with Crippen LogP contribution in [-0.4, -0.2) is 25.9 Å². The van der Waals surface area contributed by atoms with E-state index < -0.39 is 34.5 Å². The van der Waals surface area contributed by atoms with Gasteiger partial charge in [0.05, 0.1) is 4.47 Å². The first-order valence-electron chi connectivity index (χ1n) is 3.58. The fourth-order valence-corrected chi connectivity index (χ4v) is 6.94. The van der Waals surface area contributed by atoms with Crippen LogP contribution in [0.3, 0.4) is 0 Å². The van der Waals surface area contributed by atoms with Crippen LogP contribution in [-0.2, 0) is 20.2 Å². The van der Waals surface area contributed by atoms with Crippen LogP contribution in [0, 0.1) is 0 Å². The minimum Gasteiger partial charge on any atom is -0.282 e. The first-order chi connectivity index (χ1) is 7.46. The number of hydrogen-bond acceptors (Lipinski definition) is 4. The molecule has 0 fully saturated rings. The van der Waals surface area contributed by atoms with E-state index in [1.54, 1.807) is 0 Å². The molecule has 2 N–H and O–H groups in total. The van der Waals surface area contributed by atoms with Gasteiger partial charge in [0.15, 0.2) is 0 Å². The standard InChI is InChI=1S/C6H3Br3O6S2/c7-2-1-3(8)6(17(13,14)15)4(9)5(2)16(10,11)12/h1H,(H,10,11,12)(H,13,14,15). The van der Waals surface area contributed by atoms with Crippen LogP contribution < -0.4 is 0 Å². The lowest BCUT2D eigenvalue weighted by atomic mass is 10.4. The summed E-state index contributed by atoms with van der Waals surface area (Å²) in [5.41, 5.74) is 0. The maximum atomic E-state index is 11.1. The molecule has 0 aliphatic rings. The quantitative estimate of drug-likeness (QED) is 0.637. The molecule has 0 atom stereocenters. The SMILES string of the molecule is O=S(=O)(O)c1c(Br)cc(Br)c(S(=O)(=O)O)c1Br. The lowest BCUT2D eigenvalue weighted by Gasteiger charge is -2.10. The van der Waals surface area contributed by atoms with Gasteiger partial charge in [0.25, 0.3) is 20.2 Å². The molecule has 0 radical (unpaired) electrons. The van der Waals surface area contributed by atoms with Crippen molar-refractivity contribution in [1.82, 2.24) is 0 Å². The first kappa shape index (κ1) is 15.5. The largest absolute Gasteiger partial charge is 0.296 e. The molecule has 0 unspecified atom stereocenters. The maximum Gasteiger partial charge on any atom is 0.296 e. The molecular weight excluding hydrogens is 472 g/mol. The number of halogens is 3. The van der Waals surface area contributed by atoms with Gasteiger partial charge in [0.2, 0.25) is 0 Å². The van der Waals surface area contributed by atoms with Crippen LogP contribution in [0.25, 0.3) is 0 Å². The summed E-state index contributed by atoms with van der Waals surface area (Å²) < 4.78 is 61.6. The van der Waals surface area contributed by atoms with Gasteiger partial charge in [-0.3, -0.25) is 9.11 Å². The van der Waals surface area contributed by atoms with Gasteiger partial charge >= 0.3 is 0 Å². The monoisotopic (exact) mass is 472 g/mol. The van der Waals surface area contributed by atoms with E-state index in [1.807, 2.05) is 0 Å². The molecule has 96 valence electrons. The van der Waals surface area contributed by atoms with Gasteiger partial charge in [-0.2, -0.15) is 16.8 Å². The van der Waals surface area contributed by atoms with Crippen LogP contribution in [0.5, 0.6) is 0 Å². The molecule has 0 amide bonds. The molecule has 11 heteroatoms. The lowest BCUT2D eigenvalue weighted by molar-refractivity contribution is 0.479. The number of hydrogen-bond donors (Lipinski definition) is 2. The summed E-state index contributed by atoms with van der Waals surface area (Å²) in [5, 5.41) is 0. The predicted molar refractivity (Wildman–Crippen MR) is 69.2 cm³/mol. The smallest absolute Gasteiger partial charge is 0.282 e. The van der Waals surface area contributed by atoms with Gasteiger partial charge in [-0.25, -0.2) is 0 Å². The van der Waals surface area contributed by atoms with Crippen LogP contribution >= 0.6 is 47.8 Å². The Kier molecular flexibility index (Phi) is 4.45. The molecule has 0 aliphatic carbocycles. The summed E-state index contributed by atoms with van der Waals surface area (Å²) in [6.07, 6.45) is 0. The Morgan fingerprint density at radius 3 is 1.35 bits per heavy atom.